The smallest absolute Gasteiger partial charge is 0.248 e. The van der Waals surface area contributed by atoms with Crippen LogP contribution in [0.5, 0.6) is 5.75 Å². The highest BCUT2D eigenvalue weighted by Gasteiger charge is 2.10. The van der Waals surface area contributed by atoms with E-state index in [0.717, 1.165) is 5.56 Å². The zero-order chi connectivity index (χ0) is 18.4. The monoisotopic (exact) mass is 406 g/mol. The SMILES string of the molecule is CSc1nc(/N=C\c2ccccc2)n(CCOc2c(Cl)cccc2Cl)n1. The molecular weight excluding hydrogens is 391 g/mol. The van der Waals surface area contributed by atoms with Crippen LogP contribution in [-0.2, 0) is 6.54 Å². The second-order valence-corrected chi connectivity index (χ2v) is 6.78. The molecule has 3 rings (SSSR count). The number of hydrogen-bond acceptors (Lipinski definition) is 5. The summed E-state index contributed by atoms with van der Waals surface area (Å²) in [4.78, 5) is 8.86. The third-order valence-corrected chi connectivity index (χ3v) is 4.55. The van der Waals surface area contributed by atoms with Gasteiger partial charge < -0.3 is 4.74 Å². The van der Waals surface area contributed by atoms with E-state index >= 15 is 0 Å². The standard InChI is InChI=1S/C18H16Cl2N4OS/c1-26-18-22-17(21-12-13-6-3-2-4-7-13)24(23-18)10-11-25-16-14(19)8-5-9-15(16)20/h2-9,12H,10-11H2,1H3/b21-12-. The van der Waals surface area contributed by atoms with Crippen LogP contribution < -0.4 is 4.74 Å². The molecule has 5 nitrogen and oxygen atoms in total. The van der Waals surface area contributed by atoms with Crippen LogP contribution in [-0.4, -0.2) is 33.8 Å². The first-order valence-corrected chi connectivity index (χ1v) is 9.80. The molecule has 0 amide bonds. The van der Waals surface area contributed by atoms with Gasteiger partial charge in [-0.25, -0.2) is 9.67 Å². The largest absolute Gasteiger partial charge is 0.489 e. The van der Waals surface area contributed by atoms with E-state index < -0.39 is 0 Å². The summed E-state index contributed by atoms with van der Waals surface area (Å²) in [5.74, 6) is 0.988. The molecule has 0 radical (unpaired) electrons. The summed E-state index contributed by atoms with van der Waals surface area (Å²) >= 11 is 13.7. The number of thioether (sulfide) groups is 1. The van der Waals surface area contributed by atoms with Gasteiger partial charge in [0.15, 0.2) is 5.75 Å². The van der Waals surface area contributed by atoms with Crippen LogP contribution in [0, 0.1) is 0 Å². The Morgan fingerprint density at radius 2 is 1.85 bits per heavy atom. The third-order valence-electron chi connectivity index (χ3n) is 3.41. The molecule has 0 unspecified atom stereocenters. The number of nitrogens with zero attached hydrogens (tertiary/aromatic N) is 4. The van der Waals surface area contributed by atoms with Crippen molar-refractivity contribution in [2.75, 3.05) is 12.9 Å². The Bertz CT molecular complexity index is 879. The van der Waals surface area contributed by atoms with Gasteiger partial charge in [-0.2, -0.15) is 4.98 Å². The Balaban J connectivity index is 1.71. The van der Waals surface area contributed by atoms with Crippen molar-refractivity contribution in [1.82, 2.24) is 14.8 Å². The lowest BCUT2D eigenvalue weighted by molar-refractivity contribution is 0.291. The maximum Gasteiger partial charge on any atom is 0.248 e. The zero-order valence-corrected chi connectivity index (χ0v) is 16.3. The number of rotatable bonds is 7. The van der Waals surface area contributed by atoms with Crippen molar-refractivity contribution < 1.29 is 4.74 Å². The fraction of sp³-hybridized carbons (Fsp3) is 0.167. The number of para-hydroxylation sites is 1. The quantitative estimate of drug-likeness (QED) is 0.402. The van der Waals surface area contributed by atoms with Gasteiger partial charge in [0, 0.05) is 6.21 Å². The van der Waals surface area contributed by atoms with Crippen LogP contribution in [0.25, 0.3) is 0 Å². The number of hydrogen-bond donors (Lipinski definition) is 0. The molecule has 134 valence electrons. The predicted octanol–water partition coefficient (Wildman–Crippen LogP) is 5.14. The molecule has 0 saturated heterocycles. The minimum Gasteiger partial charge on any atom is -0.489 e. The molecule has 0 saturated carbocycles. The van der Waals surface area contributed by atoms with Gasteiger partial charge in [0.25, 0.3) is 0 Å². The molecule has 1 aromatic heterocycles. The average molecular weight is 407 g/mol. The average Bonchev–Trinajstić information content (AvgIpc) is 3.05. The molecule has 2 aromatic carbocycles. The van der Waals surface area contributed by atoms with Crippen LogP contribution >= 0.6 is 35.0 Å². The van der Waals surface area contributed by atoms with Gasteiger partial charge in [-0.3, -0.25) is 0 Å². The van der Waals surface area contributed by atoms with Gasteiger partial charge in [-0.05, 0) is 24.0 Å². The van der Waals surface area contributed by atoms with Crippen LogP contribution in [0.15, 0.2) is 58.7 Å². The highest BCUT2D eigenvalue weighted by Crippen LogP contribution is 2.32. The maximum atomic E-state index is 6.12. The Morgan fingerprint density at radius 1 is 1.12 bits per heavy atom. The van der Waals surface area contributed by atoms with Crippen molar-refractivity contribution >= 4 is 47.1 Å². The van der Waals surface area contributed by atoms with Crippen LogP contribution in [0.2, 0.25) is 10.0 Å². The van der Waals surface area contributed by atoms with E-state index in [1.54, 1.807) is 29.1 Å². The molecule has 0 aliphatic rings. The molecular formula is C18H16Cl2N4OS. The lowest BCUT2D eigenvalue weighted by atomic mass is 10.2. The van der Waals surface area contributed by atoms with Gasteiger partial charge in [-0.15, -0.1) is 5.10 Å². The highest BCUT2D eigenvalue weighted by molar-refractivity contribution is 7.98. The van der Waals surface area contributed by atoms with Crippen LogP contribution in [0.3, 0.4) is 0 Å². The molecule has 0 N–H and O–H groups in total. The third kappa shape index (κ3) is 4.78. The predicted molar refractivity (Wildman–Crippen MR) is 107 cm³/mol. The first-order chi connectivity index (χ1) is 12.7. The van der Waals surface area contributed by atoms with E-state index in [9.17, 15) is 0 Å². The van der Waals surface area contributed by atoms with E-state index in [1.165, 1.54) is 11.8 Å². The molecule has 3 aromatic rings. The summed E-state index contributed by atoms with van der Waals surface area (Å²) in [5, 5.41) is 6.03. The number of aliphatic imine (C=N–C) groups is 1. The Hall–Kier alpha value is -2.02. The first-order valence-electron chi connectivity index (χ1n) is 7.82. The number of aromatic nitrogens is 3. The van der Waals surface area contributed by atoms with Crippen molar-refractivity contribution in [2.45, 2.75) is 11.7 Å². The Kier molecular flexibility index (Phi) is 6.55. The van der Waals surface area contributed by atoms with E-state index in [2.05, 4.69) is 15.1 Å². The molecule has 1 heterocycles. The fourth-order valence-corrected chi connectivity index (χ4v) is 3.03. The Morgan fingerprint density at radius 3 is 2.54 bits per heavy atom. The van der Waals surface area contributed by atoms with Crippen molar-refractivity contribution in [3.63, 3.8) is 0 Å². The fourth-order valence-electron chi connectivity index (χ4n) is 2.17. The molecule has 0 aliphatic carbocycles. The Labute approximate surface area is 166 Å². The van der Waals surface area contributed by atoms with Gasteiger partial charge in [0.05, 0.1) is 16.6 Å². The van der Waals surface area contributed by atoms with E-state index in [-0.39, 0.29) is 0 Å². The minimum absolute atomic E-state index is 0.342. The molecule has 26 heavy (non-hydrogen) atoms. The number of ether oxygens (including phenoxy) is 1. The van der Waals surface area contributed by atoms with Gasteiger partial charge >= 0.3 is 0 Å². The summed E-state index contributed by atoms with van der Waals surface area (Å²) in [7, 11) is 0. The molecule has 8 heteroatoms. The summed E-state index contributed by atoms with van der Waals surface area (Å²) in [5.41, 5.74) is 0.992. The summed E-state index contributed by atoms with van der Waals surface area (Å²) in [6, 6.07) is 15.1. The lowest BCUT2D eigenvalue weighted by Gasteiger charge is -2.09. The molecule has 0 fully saturated rings. The molecule has 0 bridgehead atoms. The van der Waals surface area contributed by atoms with Gasteiger partial charge in [-0.1, -0.05) is 71.4 Å². The molecule has 0 aliphatic heterocycles. The maximum absolute atomic E-state index is 6.12. The normalized spacial score (nSPS) is 11.2. The topological polar surface area (TPSA) is 52.3 Å². The van der Waals surface area contributed by atoms with Gasteiger partial charge in [0.2, 0.25) is 11.1 Å². The highest BCUT2D eigenvalue weighted by atomic mass is 35.5. The number of benzene rings is 2. The van der Waals surface area contributed by atoms with E-state index in [4.69, 9.17) is 27.9 Å². The zero-order valence-electron chi connectivity index (χ0n) is 14.0. The van der Waals surface area contributed by atoms with E-state index in [1.807, 2.05) is 36.6 Å². The van der Waals surface area contributed by atoms with Crippen molar-refractivity contribution in [2.24, 2.45) is 4.99 Å². The van der Waals surface area contributed by atoms with Crippen molar-refractivity contribution in [1.29, 1.82) is 0 Å². The lowest BCUT2D eigenvalue weighted by Crippen LogP contribution is -2.10. The van der Waals surface area contributed by atoms with Gasteiger partial charge in [0.1, 0.15) is 6.61 Å². The van der Waals surface area contributed by atoms with Crippen LogP contribution in [0.1, 0.15) is 5.56 Å². The number of halogens is 2. The van der Waals surface area contributed by atoms with E-state index in [0.29, 0.717) is 40.1 Å². The molecule has 0 atom stereocenters. The second kappa shape index (κ2) is 9.07. The minimum atomic E-state index is 0.342. The first kappa shape index (κ1) is 18.8. The summed E-state index contributed by atoms with van der Waals surface area (Å²) in [6.07, 6.45) is 3.68. The summed E-state index contributed by atoms with van der Waals surface area (Å²) < 4.78 is 7.43. The van der Waals surface area contributed by atoms with Crippen molar-refractivity contribution in [3.05, 3.63) is 64.1 Å². The molecule has 0 spiro atoms. The van der Waals surface area contributed by atoms with Crippen LogP contribution in [0.4, 0.5) is 5.95 Å². The van der Waals surface area contributed by atoms with Crippen molar-refractivity contribution in [3.8, 4) is 5.75 Å². The summed E-state index contributed by atoms with van der Waals surface area (Å²) in [6.45, 7) is 0.811. The second-order valence-electron chi connectivity index (χ2n) is 5.19.